The van der Waals surface area contributed by atoms with E-state index in [4.69, 9.17) is 0 Å². The van der Waals surface area contributed by atoms with Crippen LogP contribution in [0.2, 0.25) is 0 Å². The number of fused-ring (bicyclic) bond motifs is 1. The molecule has 1 aromatic heterocycles. The van der Waals surface area contributed by atoms with Gasteiger partial charge in [-0.2, -0.15) is 0 Å². The molecule has 0 saturated heterocycles. The van der Waals surface area contributed by atoms with Gasteiger partial charge in [-0.05, 0) is 0 Å². The van der Waals surface area contributed by atoms with E-state index >= 15 is 0 Å². The van der Waals surface area contributed by atoms with Crippen LogP contribution in [-0.4, -0.2) is 14.0 Å². The Morgan fingerprint density at radius 3 is 3.36 bits per heavy atom. The van der Waals surface area contributed by atoms with Crippen molar-refractivity contribution in [1.82, 2.24) is 9.97 Å². The van der Waals surface area contributed by atoms with Crippen LogP contribution < -0.4 is 9.51 Å². The van der Waals surface area contributed by atoms with Crippen molar-refractivity contribution in [1.29, 1.82) is 0 Å². The Hall–Kier alpha value is 0.412. The summed E-state index contributed by atoms with van der Waals surface area (Å²) in [5, 5.41) is 0. The molecule has 53 valence electrons. The van der Waals surface area contributed by atoms with Crippen molar-refractivity contribution in [3.05, 3.63) is 22.4 Å². The second-order valence-electron chi connectivity index (χ2n) is 2.06. The third kappa shape index (κ3) is 1.61. The average molecular weight is 393 g/mol. The zero-order valence-electron chi connectivity index (χ0n) is 5.57. The first-order valence-electron chi connectivity index (χ1n) is 3.12. The maximum atomic E-state index is 11.2. The van der Waals surface area contributed by atoms with Gasteiger partial charge in [-0.1, -0.05) is 0 Å². The van der Waals surface area contributed by atoms with E-state index in [2.05, 4.69) is 14.0 Å². The molecule has 0 amide bonds. The second-order valence-corrected chi connectivity index (χ2v) is 12.6. The molecule has 1 aliphatic rings. The van der Waals surface area contributed by atoms with Crippen LogP contribution in [0.5, 0.6) is 0 Å². The number of rotatable bonds is 0. The number of hydrogen-bond donors (Lipinski definition) is 1. The average Bonchev–Trinajstić information content (AvgIpc) is 2.06. The van der Waals surface area contributed by atoms with Crippen LogP contribution >= 0.6 is 0 Å². The van der Waals surface area contributed by atoms with Gasteiger partial charge < -0.3 is 0 Å². The van der Waals surface area contributed by atoms with Crippen LogP contribution in [-0.2, 0) is 46.8 Å². The van der Waals surface area contributed by atoms with Gasteiger partial charge in [-0.15, -0.1) is 0 Å². The molecule has 1 aliphatic heterocycles. The molecule has 0 radical (unpaired) electrons. The summed E-state index contributed by atoms with van der Waals surface area (Å²) in [4.78, 5) is 17.9. The van der Waals surface area contributed by atoms with Crippen LogP contribution in [0.25, 0.3) is 0 Å². The molecule has 0 fully saturated rings. The molecule has 0 atom stereocenters. The number of hydrogen-bond acceptors (Lipinski definition) is 2. The molecule has 5 heteroatoms. The van der Waals surface area contributed by atoms with Crippen molar-refractivity contribution in [2.45, 2.75) is 0 Å². The molecule has 0 aromatic carbocycles. The van der Waals surface area contributed by atoms with Gasteiger partial charge in [0.15, 0.2) is 0 Å². The molecular weight excluding hydrogens is 389 g/mol. The zero-order valence-corrected chi connectivity index (χ0v) is 11.3. The van der Waals surface area contributed by atoms with Crippen LogP contribution in [0.15, 0.2) is 11.1 Å². The van der Waals surface area contributed by atoms with Crippen LogP contribution in [0.3, 0.4) is 0 Å². The predicted molar refractivity (Wildman–Crippen MR) is 35.7 cm³/mol. The van der Waals surface area contributed by atoms with Crippen LogP contribution in [0.1, 0.15) is 5.69 Å². The molecule has 1 N–H and O–H groups in total. The summed E-state index contributed by atoms with van der Waals surface area (Å²) in [6, 6.07) is 0. The van der Waals surface area contributed by atoms with Gasteiger partial charge in [0.2, 0.25) is 0 Å². The Kier molecular flexibility index (Phi) is 2.50. The molecule has 3 nitrogen and oxygen atoms in total. The Balaban J connectivity index is 2.80. The topological polar surface area (TPSA) is 45.8 Å². The standard InChI is InChI=1S/C5H3N2O.CH.W.Y/c1-4-2-5(8)7-3-6-4;;;/h1,3H,(H,6,7,8);1H;;. The fraction of sp³-hybridized carbons (Fsp3) is 0. The van der Waals surface area contributed by atoms with Crippen LogP contribution in [0.4, 0.5) is 0 Å². The van der Waals surface area contributed by atoms with E-state index in [9.17, 15) is 4.79 Å². The monoisotopic (exact) mass is 393 g/mol. The Bertz CT molecular complexity index is 396. The van der Waals surface area contributed by atoms with Gasteiger partial charge in [-0.25, -0.2) is 0 Å². The van der Waals surface area contributed by atoms with Crippen molar-refractivity contribution in [2.75, 3.05) is 0 Å². The van der Waals surface area contributed by atoms with E-state index < -0.39 is 46.8 Å². The van der Waals surface area contributed by atoms with Crippen molar-refractivity contribution in [3.8, 4) is 0 Å². The zero-order chi connectivity index (χ0) is 7.68. The first-order valence-corrected chi connectivity index (χ1v) is 9.56. The first kappa shape index (κ1) is 8.03. The fourth-order valence-electron chi connectivity index (χ4n) is 0.871. The SMILES string of the molecule is O=c1[nH]cnc2[c]1[W]=[CH][Y]=[CH]2. The molecule has 0 saturated carbocycles. The van der Waals surface area contributed by atoms with E-state index in [1.165, 1.54) is 6.33 Å². The summed E-state index contributed by atoms with van der Waals surface area (Å²) in [7, 11) is 0. The van der Waals surface area contributed by atoms with Crippen LogP contribution in [0, 0.1) is 0 Å². The Morgan fingerprint density at radius 1 is 1.64 bits per heavy atom. The first-order chi connectivity index (χ1) is 5.38. The summed E-state index contributed by atoms with van der Waals surface area (Å²) in [5.74, 6) is 0. The van der Waals surface area contributed by atoms with Crippen molar-refractivity contribution in [2.24, 2.45) is 0 Å². The number of nitrogens with zero attached hydrogens (tertiary/aromatic N) is 1. The number of nitrogens with one attached hydrogen (secondary N) is 1. The van der Waals surface area contributed by atoms with Crippen molar-refractivity contribution in [3.63, 3.8) is 0 Å². The molecule has 0 aliphatic carbocycles. The fourth-order valence-corrected chi connectivity index (χ4v) is 11.5. The van der Waals surface area contributed by atoms with Gasteiger partial charge in [-0.3, -0.25) is 0 Å². The van der Waals surface area contributed by atoms with E-state index in [1.807, 2.05) is 0 Å². The van der Waals surface area contributed by atoms with Gasteiger partial charge in [0.25, 0.3) is 0 Å². The molecule has 2 rings (SSSR count). The molecule has 2 heterocycles. The predicted octanol–water partition coefficient (Wildman–Crippen LogP) is -1.52. The molecule has 11 heavy (non-hydrogen) atoms. The summed E-state index contributed by atoms with van der Waals surface area (Å²) in [5.41, 5.74) is 1.09. The number of aromatic nitrogens is 2. The third-order valence-electron chi connectivity index (χ3n) is 1.36. The molecule has 0 spiro atoms. The minimum atomic E-state index is -0.586. The summed E-state index contributed by atoms with van der Waals surface area (Å²) >= 11 is -1.10. The molecule has 0 unspecified atom stereocenters. The number of H-pyrrole nitrogens is 1. The van der Waals surface area contributed by atoms with E-state index in [-0.39, 0.29) is 5.56 Å². The maximum absolute atomic E-state index is 11.2. The summed E-state index contributed by atoms with van der Waals surface area (Å²) in [6.45, 7) is 0. The molecular formula is C6H4N2OWY. The quantitative estimate of drug-likeness (QED) is 0.583. The van der Waals surface area contributed by atoms with Gasteiger partial charge in [0, 0.05) is 0 Å². The second kappa shape index (κ2) is 3.42. The van der Waals surface area contributed by atoms with Crippen molar-refractivity contribution >= 4 is 7.97 Å². The normalized spacial score (nSPS) is 12.4. The van der Waals surface area contributed by atoms with E-state index in [0.29, 0.717) is 0 Å². The summed E-state index contributed by atoms with van der Waals surface area (Å²) < 4.78 is 5.63. The number of aromatic amines is 1. The minimum absolute atomic E-state index is 0.0926. The molecule has 1 aromatic rings. The van der Waals surface area contributed by atoms with Gasteiger partial charge >= 0.3 is 87.1 Å². The van der Waals surface area contributed by atoms with E-state index in [0.717, 1.165) is 9.65 Å². The Morgan fingerprint density at radius 2 is 2.55 bits per heavy atom. The van der Waals surface area contributed by atoms with Gasteiger partial charge in [0.1, 0.15) is 0 Å². The van der Waals surface area contributed by atoms with Gasteiger partial charge in [0.05, 0.1) is 0 Å². The Labute approximate surface area is 86.1 Å². The van der Waals surface area contributed by atoms with Crippen molar-refractivity contribution < 1.29 is 46.8 Å². The third-order valence-corrected chi connectivity index (χ3v) is 11.8. The van der Waals surface area contributed by atoms with E-state index in [1.54, 1.807) is 0 Å². The summed E-state index contributed by atoms with van der Waals surface area (Å²) in [6.07, 6.45) is 1.50. The molecule has 0 bridgehead atoms.